The summed E-state index contributed by atoms with van der Waals surface area (Å²) in [6, 6.07) is 10.6. The predicted octanol–water partition coefficient (Wildman–Crippen LogP) is 22.5. The summed E-state index contributed by atoms with van der Waals surface area (Å²) < 4.78 is 147. The van der Waals surface area contributed by atoms with Gasteiger partial charge in [0.1, 0.15) is 23.3 Å². The quantitative estimate of drug-likeness (QED) is 0.0244. The summed E-state index contributed by atoms with van der Waals surface area (Å²) in [5, 5.41) is 0. The molecule has 0 saturated carbocycles. The third-order valence-electron chi connectivity index (χ3n) is 15.4. The number of rotatable bonds is 45. The van der Waals surface area contributed by atoms with Crippen LogP contribution in [-0.2, 0) is 18.5 Å². The zero-order chi connectivity index (χ0) is 56.3. The molecule has 0 spiro atoms. The molecule has 77 heavy (non-hydrogen) atoms. The number of benzene rings is 3. The van der Waals surface area contributed by atoms with Gasteiger partial charge in [0, 0.05) is 6.42 Å². The van der Waals surface area contributed by atoms with E-state index in [1.165, 1.54) is 76.3 Å². The van der Waals surface area contributed by atoms with Crippen LogP contribution >= 0.6 is 0 Å². The highest BCUT2D eigenvalue weighted by atomic mass is 19.4. The van der Waals surface area contributed by atoms with Gasteiger partial charge in [-0.15, -0.1) is 0 Å². The first-order chi connectivity index (χ1) is 37.0. The summed E-state index contributed by atoms with van der Waals surface area (Å²) in [6.45, 7) is 11.1. The summed E-state index contributed by atoms with van der Waals surface area (Å²) in [4.78, 5) is 0. The van der Waals surface area contributed by atoms with Crippen LogP contribution in [0.25, 0.3) is 0 Å². The number of halogens is 9. The molecule has 3 rings (SSSR count). The summed E-state index contributed by atoms with van der Waals surface area (Å²) in [7, 11) is -1.83. The first-order valence-electron chi connectivity index (χ1n) is 30.4. The van der Waals surface area contributed by atoms with E-state index in [0.717, 1.165) is 222 Å². The average molecular weight is 1100 g/mol. The first kappa shape index (κ1) is 67.7. The Labute approximate surface area is 460 Å². The van der Waals surface area contributed by atoms with Crippen molar-refractivity contribution in [3.05, 3.63) is 89.0 Å². The lowest BCUT2D eigenvalue weighted by molar-refractivity contribution is -0.958. The van der Waals surface area contributed by atoms with Crippen LogP contribution in [0.2, 0.25) is 0 Å². The van der Waals surface area contributed by atoms with E-state index >= 15 is 13.2 Å². The zero-order valence-corrected chi connectivity index (χ0v) is 47.7. The largest absolute Gasteiger partial charge is 0.864 e. The van der Waals surface area contributed by atoms with E-state index in [9.17, 15) is 26.3 Å². The first-order valence-corrected chi connectivity index (χ1v) is 30.4. The fourth-order valence-corrected chi connectivity index (χ4v) is 10.8. The molecule has 0 saturated heterocycles. The van der Waals surface area contributed by atoms with Gasteiger partial charge in [-0.1, -0.05) is 195 Å². The van der Waals surface area contributed by atoms with Gasteiger partial charge in [-0.3, -0.25) is 0 Å². The molecule has 1 atom stereocenters. The van der Waals surface area contributed by atoms with E-state index in [0.29, 0.717) is 16.5 Å². The van der Waals surface area contributed by atoms with Gasteiger partial charge in [-0.05, 0) is 112 Å². The molecule has 0 radical (unpaired) electrons. The normalized spacial score (nSPS) is 12.8. The molecule has 0 bridgehead atoms. The van der Waals surface area contributed by atoms with Gasteiger partial charge in [0.05, 0.1) is 41.9 Å². The van der Waals surface area contributed by atoms with Gasteiger partial charge < -0.3 is 18.4 Å². The Hall–Kier alpha value is -3.55. The molecular formula is C63H98BF9NO3+. The standard InChI is InChI=1S/C63H98BF9NO3/c1-5-9-13-17-21-22-23-24-25-26-27-28-29-30-34-38-59(74(49-35-31-18-14-10-6-2,50-36-32-19-15-11-7-3)51-37-33-20-16-12-8-4)58-52-55(63(71,72)73)43-48-60(58)77-64(75-56-44-39-53(40-45-56)61(65,66)67)76-57-46-41-54(42-47-57)62(68,69)70/h39-48,52,59H,5-38,49-51H2,1-4H3/q+1. The van der Waals surface area contributed by atoms with E-state index < -0.39 is 48.6 Å². The van der Waals surface area contributed by atoms with Crippen molar-refractivity contribution in [3.63, 3.8) is 0 Å². The zero-order valence-electron chi connectivity index (χ0n) is 47.7. The van der Waals surface area contributed by atoms with Crippen LogP contribution in [0, 0.1) is 0 Å². The van der Waals surface area contributed by atoms with Gasteiger partial charge in [-0.2, -0.15) is 39.5 Å². The second-order valence-electron chi connectivity index (χ2n) is 21.9. The Bertz CT molecular complexity index is 1820. The van der Waals surface area contributed by atoms with E-state index in [4.69, 9.17) is 14.0 Å². The number of quaternary nitrogens is 1. The van der Waals surface area contributed by atoms with E-state index in [1.807, 2.05) is 0 Å². The number of unbranched alkanes of at least 4 members (excludes halogenated alkanes) is 29. The summed E-state index contributed by atoms with van der Waals surface area (Å²) in [5.41, 5.74) is -2.35. The molecule has 0 aliphatic carbocycles. The second kappa shape index (κ2) is 38.2. The average Bonchev–Trinajstić information content (AvgIpc) is 3.39. The van der Waals surface area contributed by atoms with Crippen LogP contribution in [0.1, 0.15) is 274 Å². The minimum absolute atomic E-state index is 0.0594. The van der Waals surface area contributed by atoms with Gasteiger partial charge in [0.2, 0.25) is 0 Å². The maximum absolute atomic E-state index is 15.1. The highest BCUT2D eigenvalue weighted by molar-refractivity contribution is 6.39. The van der Waals surface area contributed by atoms with Crippen molar-refractivity contribution in [2.75, 3.05) is 19.6 Å². The minimum atomic E-state index is -4.70. The SMILES string of the molecule is CCCCCCCCCCCCCCCCCC(c1cc(C(F)(F)F)ccc1OB(Oc1ccc(C(F)(F)F)cc1)Oc1ccc(C(F)(F)F)cc1)[N+](CCCCCCCC)(CCCCCCCC)CCCCCCCC. The third-order valence-corrected chi connectivity index (χ3v) is 15.4. The molecule has 0 fully saturated rings. The lowest BCUT2D eigenvalue weighted by atomic mass is 9.91. The van der Waals surface area contributed by atoms with Crippen LogP contribution in [0.5, 0.6) is 17.2 Å². The minimum Gasteiger partial charge on any atom is -0.490 e. The Kier molecular flexibility index (Phi) is 33.6. The van der Waals surface area contributed by atoms with Crippen molar-refractivity contribution in [1.82, 2.24) is 0 Å². The van der Waals surface area contributed by atoms with Gasteiger partial charge in [0.25, 0.3) is 0 Å². The van der Waals surface area contributed by atoms with Crippen LogP contribution < -0.4 is 14.0 Å². The predicted molar refractivity (Wildman–Crippen MR) is 299 cm³/mol. The number of nitrogens with zero attached hydrogens (tertiary/aromatic N) is 1. The van der Waals surface area contributed by atoms with Crippen LogP contribution in [0.3, 0.4) is 0 Å². The molecule has 0 heterocycles. The number of hydrogen-bond donors (Lipinski definition) is 0. The molecule has 14 heteroatoms. The molecule has 3 aromatic carbocycles. The fourth-order valence-electron chi connectivity index (χ4n) is 10.8. The molecule has 3 aromatic rings. The van der Waals surface area contributed by atoms with Crippen molar-refractivity contribution >= 4 is 7.32 Å². The molecule has 0 amide bonds. The van der Waals surface area contributed by atoms with Gasteiger partial charge >= 0.3 is 25.9 Å². The molecular weight excluding hydrogens is 1000 g/mol. The van der Waals surface area contributed by atoms with Gasteiger partial charge in [0.15, 0.2) is 0 Å². The van der Waals surface area contributed by atoms with E-state index in [-0.39, 0.29) is 17.2 Å². The molecule has 0 N–H and O–H groups in total. The second-order valence-corrected chi connectivity index (χ2v) is 21.9. The van der Waals surface area contributed by atoms with Crippen molar-refractivity contribution < 1.29 is 58.0 Å². The van der Waals surface area contributed by atoms with Crippen molar-refractivity contribution in [2.24, 2.45) is 0 Å². The Morgan fingerprint density at radius 1 is 0.351 bits per heavy atom. The molecule has 0 aliphatic heterocycles. The summed E-state index contributed by atoms with van der Waals surface area (Å²) in [5.74, 6) is -0.168. The molecule has 4 nitrogen and oxygen atoms in total. The highest BCUT2D eigenvalue weighted by Crippen LogP contribution is 2.44. The van der Waals surface area contributed by atoms with Crippen molar-refractivity contribution in [3.8, 4) is 17.2 Å². The Morgan fingerprint density at radius 3 is 0.948 bits per heavy atom. The Balaban J connectivity index is 2.15. The third kappa shape index (κ3) is 27.9. The summed E-state index contributed by atoms with van der Waals surface area (Å²) >= 11 is 0. The topological polar surface area (TPSA) is 27.7 Å². The van der Waals surface area contributed by atoms with Crippen LogP contribution in [-0.4, -0.2) is 31.4 Å². The Morgan fingerprint density at radius 2 is 0.636 bits per heavy atom. The smallest absolute Gasteiger partial charge is 0.490 e. The lowest BCUT2D eigenvalue weighted by Gasteiger charge is -2.46. The number of alkyl halides is 9. The molecule has 438 valence electrons. The van der Waals surface area contributed by atoms with E-state index in [1.54, 1.807) is 0 Å². The lowest BCUT2D eigenvalue weighted by Crippen LogP contribution is -2.53. The monoisotopic (exact) mass is 1100 g/mol. The van der Waals surface area contributed by atoms with E-state index in [2.05, 4.69) is 27.7 Å². The van der Waals surface area contributed by atoms with Crippen molar-refractivity contribution in [2.45, 2.75) is 271 Å². The van der Waals surface area contributed by atoms with Crippen molar-refractivity contribution in [1.29, 1.82) is 0 Å². The summed E-state index contributed by atoms with van der Waals surface area (Å²) in [6.07, 6.45) is 23.6. The number of hydrogen-bond acceptors (Lipinski definition) is 3. The molecule has 0 aliphatic rings. The fraction of sp³-hybridized carbons (Fsp3) is 0.714. The van der Waals surface area contributed by atoms with Crippen LogP contribution in [0.4, 0.5) is 39.5 Å². The van der Waals surface area contributed by atoms with Crippen LogP contribution in [0.15, 0.2) is 66.7 Å². The maximum atomic E-state index is 15.1. The highest BCUT2D eigenvalue weighted by Gasteiger charge is 2.43. The maximum Gasteiger partial charge on any atom is 0.864 e. The molecule has 0 aromatic heterocycles. The van der Waals surface area contributed by atoms with Gasteiger partial charge in [-0.25, -0.2) is 0 Å². The molecule has 1 unspecified atom stereocenters.